The number of halogens is 1. The molecule has 1 aromatic carbocycles. The lowest BCUT2D eigenvalue weighted by molar-refractivity contribution is -0.135. The average Bonchev–Trinajstić information content (AvgIpc) is 2.71. The Bertz CT molecular complexity index is 872. The number of sulfonamides is 1. The van der Waals surface area contributed by atoms with Gasteiger partial charge < -0.3 is 14.4 Å². The van der Waals surface area contributed by atoms with Crippen molar-refractivity contribution in [2.45, 2.75) is 32.6 Å². The third-order valence-corrected chi connectivity index (χ3v) is 6.84. The maximum atomic E-state index is 12.8. The summed E-state index contributed by atoms with van der Waals surface area (Å²) in [4.78, 5) is 26.8. The predicted molar refractivity (Wildman–Crippen MR) is 118 cm³/mol. The van der Waals surface area contributed by atoms with Crippen molar-refractivity contribution in [2.24, 2.45) is 11.8 Å². The van der Waals surface area contributed by atoms with Gasteiger partial charge in [0.05, 0.1) is 28.7 Å². The standard InChI is InChI=1S/C21H31ClN2O6S/c1-15(2)12-23(13-16(3)4)20(25)14-30-21(26)18-11-17(5-6-19(18)22)31(27,28)24-7-9-29-10-8-24/h5-6,11,15-16H,7-10,12-14H2,1-4H3. The van der Waals surface area contributed by atoms with Gasteiger partial charge in [-0.3, -0.25) is 4.79 Å². The molecule has 1 aromatic rings. The van der Waals surface area contributed by atoms with Crippen molar-refractivity contribution in [2.75, 3.05) is 46.0 Å². The number of esters is 1. The van der Waals surface area contributed by atoms with Crippen LogP contribution < -0.4 is 0 Å². The number of nitrogens with zero attached hydrogens (tertiary/aromatic N) is 2. The minimum absolute atomic E-state index is 0.0552. The van der Waals surface area contributed by atoms with Crippen LogP contribution in [-0.4, -0.2) is 75.5 Å². The van der Waals surface area contributed by atoms with Crippen LogP contribution in [0.25, 0.3) is 0 Å². The van der Waals surface area contributed by atoms with Gasteiger partial charge in [-0.1, -0.05) is 39.3 Å². The Morgan fingerprint density at radius 1 is 1.13 bits per heavy atom. The quantitative estimate of drug-likeness (QED) is 0.511. The lowest BCUT2D eigenvalue weighted by atomic mass is 10.1. The third kappa shape index (κ3) is 7.17. The third-order valence-electron chi connectivity index (χ3n) is 4.62. The molecule has 0 N–H and O–H groups in total. The molecule has 0 radical (unpaired) electrons. The highest BCUT2D eigenvalue weighted by molar-refractivity contribution is 7.89. The van der Waals surface area contributed by atoms with Gasteiger partial charge in [0.15, 0.2) is 6.61 Å². The van der Waals surface area contributed by atoms with Gasteiger partial charge in [0, 0.05) is 26.2 Å². The van der Waals surface area contributed by atoms with Crippen LogP contribution in [-0.2, 0) is 24.3 Å². The summed E-state index contributed by atoms with van der Waals surface area (Å²) >= 11 is 6.12. The molecule has 1 saturated heterocycles. The van der Waals surface area contributed by atoms with Crippen molar-refractivity contribution < 1.29 is 27.5 Å². The first-order valence-corrected chi connectivity index (χ1v) is 12.2. The van der Waals surface area contributed by atoms with Crippen molar-refractivity contribution >= 4 is 33.5 Å². The number of morpholine rings is 1. The van der Waals surface area contributed by atoms with Gasteiger partial charge in [-0.25, -0.2) is 13.2 Å². The Labute approximate surface area is 189 Å². The van der Waals surface area contributed by atoms with Gasteiger partial charge in [-0.15, -0.1) is 0 Å². The smallest absolute Gasteiger partial charge is 0.340 e. The molecule has 0 saturated carbocycles. The van der Waals surface area contributed by atoms with Crippen molar-refractivity contribution in [3.8, 4) is 0 Å². The Balaban J connectivity index is 2.12. The Kier molecular flexibility index (Phi) is 9.29. The zero-order valence-electron chi connectivity index (χ0n) is 18.5. The van der Waals surface area contributed by atoms with Gasteiger partial charge >= 0.3 is 5.97 Å². The minimum Gasteiger partial charge on any atom is -0.452 e. The second-order valence-electron chi connectivity index (χ2n) is 8.32. The molecule has 2 rings (SSSR count). The first-order valence-electron chi connectivity index (χ1n) is 10.3. The summed E-state index contributed by atoms with van der Waals surface area (Å²) in [5, 5.41) is 0.0552. The summed E-state index contributed by atoms with van der Waals surface area (Å²) in [5.41, 5.74) is -0.0944. The predicted octanol–water partition coefficient (Wildman–Crippen LogP) is 2.66. The normalized spacial score (nSPS) is 15.3. The summed E-state index contributed by atoms with van der Waals surface area (Å²) in [6.45, 7) is 9.81. The largest absolute Gasteiger partial charge is 0.452 e. The molecule has 10 heteroatoms. The minimum atomic E-state index is -3.79. The molecule has 1 aliphatic rings. The van der Waals surface area contributed by atoms with Crippen LogP contribution in [0, 0.1) is 11.8 Å². The molecule has 1 aliphatic heterocycles. The Hall–Kier alpha value is -1.68. The maximum Gasteiger partial charge on any atom is 0.340 e. The van der Waals surface area contributed by atoms with E-state index in [4.69, 9.17) is 21.1 Å². The van der Waals surface area contributed by atoms with E-state index in [0.29, 0.717) is 26.3 Å². The molecule has 1 amide bonds. The summed E-state index contributed by atoms with van der Waals surface area (Å²) < 4.78 is 37.4. The molecule has 1 fully saturated rings. The molecule has 0 unspecified atom stereocenters. The molecule has 174 valence electrons. The summed E-state index contributed by atoms with van der Waals surface area (Å²) in [6, 6.07) is 3.89. The van der Waals surface area contributed by atoms with E-state index in [9.17, 15) is 18.0 Å². The van der Waals surface area contributed by atoms with E-state index in [1.165, 1.54) is 22.5 Å². The monoisotopic (exact) mass is 474 g/mol. The van der Waals surface area contributed by atoms with Crippen LogP contribution in [0.4, 0.5) is 0 Å². The number of ether oxygens (including phenoxy) is 2. The highest BCUT2D eigenvalue weighted by Gasteiger charge is 2.28. The average molecular weight is 475 g/mol. The van der Waals surface area contributed by atoms with E-state index in [1.807, 2.05) is 27.7 Å². The molecular weight excluding hydrogens is 444 g/mol. The molecule has 0 aromatic heterocycles. The van der Waals surface area contributed by atoms with Gasteiger partial charge in [0.1, 0.15) is 0 Å². The number of carbonyl (C=O) groups excluding carboxylic acids is 2. The SMILES string of the molecule is CC(C)CN(CC(C)C)C(=O)COC(=O)c1cc(S(=O)(=O)N2CCOCC2)ccc1Cl. The molecule has 0 bridgehead atoms. The van der Waals surface area contributed by atoms with E-state index in [1.54, 1.807) is 4.90 Å². The number of hydrogen-bond acceptors (Lipinski definition) is 6. The van der Waals surface area contributed by atoms with E-state index >= 15 is 0 Å². The zero-order valence-corrected chi connectivity index (χ0v) is 20.0. The molecular formula is C21H31ClN2O6S. The fraction of sp³-hybridized carbons (Fsp3) is 0.619. The van der Waals surface area contributed by atoms with Crippen LogP contribution in [0.5, 0.6) is 0 Å². The summed E-state index contributed by atoms with van der Waals surface area (Å²) in [5.74, 6) is -0.597. The number of benzene rings is 1. The van der Waals surface area contributed by atoms with Crippen molar-refractivity contribution in [1.29, 1.82) is 0 Å². The van der Waals surface area contributed by atoms with Crippen LogP contribution >= 0.6 is 11.6 Å². The number of amides is 1. The Morgan fingerprint density at radius 2 is 1.71 bits per heavy atom. The summed E-state index contributed by atoms with van der Waals surface area (Å²) in [6.07, 6.45) is 0. The second-order valence-corrected chi connectivity index (χ2v) is 10.7. The van der Waals surface area contributed by atoms with Crippen LogP contribution in [0.3, 0.4) is 0 Å². The van der Waals surface area contributed by atoms with Crippen molar-refractivity contribution in [1.82, 2.24) is 9.21 Å². The van der Waals surface area contributed by atoms with E-state index < -0.39 is 22.6 Å². The molecule has 8 nitrogen and oxygen atoms in total. The number of carbonyl (C=O) groups is 2. The molecule has 0 aliphatic carbocycles. The van der Waals surface area contributed by atoms with Crippen molar-refractivity contribution in [3.63, 3.8) is 0 Å². The fourth-order valence-electron chi connectivity index (χ4n) is 3.21. The lowest BCUT2D eigenvalue weighted by Crippen LogP contribution is -2.40. The second kappa shape index (κ2) is 11.3. The van der Waals surface area contributed by atoms with E-state index in [2.05, 4.69) is 0 Å². The number of rotatable bonds is 9. The zero-order chi connectivity index (χ0) is 23.2. The van der Waals surface area contributed by atoms with Gasteiger partial charge in [0.25, 0.3) is 5.91 Å². The van der Waals surface area contributed by atoms with E-state index in [0.717, 1.165) is 0 Å². The molecule has 31 heavy (non-hydrogen) atoms. The highest BCUT2D eigenvalue weighted by atomic mass is 35.5. The topological polar surface area (TPSA) is 93.2 Å². The number of hydrogen-bond donors (Lipinski definition) is 0. The van der Waals surface area contributed by atoms with Crippen LogP contribution in [0.2, 0.25) is 5.02 Å². The van der Waals surface area contributed by atoms with Crippen LogP contribution in [0.15, 0.2) is 23.1 Å². The Morgan fingerprint density at radius 3 is 2.26 bits per heavy atom. The summed E-state index contributed by atoms with van der Waals surface area (Å²) in [7, 11) is -3.79. The first-order chi connectivity index (χ1) is 14.5. The maximum absolute atomic E-state index is 12.8. The van der Waals surface area contributed by atoms with Gasteiger partial charge in [0.2, 0.25) is 10.0 Å². The molecule has 0 spiro atoms. The molecule has 0 atom stereocenters. The van der Waals surface area contributed by atoms with E-state index in [-0.39, 0.29) is 46.3 Å². The van der Waals surface area contributed by atoms with Crippen LogP contribution in [0.1, 0.15) is 38.1 Å². The fourth-order valence-corrected chi connectivity index (χ4v) is 4.84. The van der Waals surface area contributed by atoms with Crippen molar-refractivity contribution in [3.05, 3.63) is 28.8 Å². The first kappa shape index (κ1) is 25.6. The van der Waals surface area contributed by atoms with Gasteiger partial charge in [-0.2, -0.15) is 4.31 Å². The van der Waals surface area contributed by atoms with Gasteiger partial charge in [-0.05, 0) is 30.0 Å². The lowest BCUT2D eigenvalue weighted by Gasteiger charge is -2.26. The highest BCUT2D eigenvalue weighted by Crippen LogP contribution is 2.24. The molecule has 1 heterocycles.